The van der Waals surface area contributed by atoms with Crippen LogP contribution in [0.25, 0.3) is 0 Å². The van der Waals surface area contributed by atoms with Crippen molar-refractivity contribution in [2.45, 2.75) is 84.0 Å². The fourth-order valence-corrected chi connectivity index (χ4v) is 6.99. The van der Waals surface area contributed by atoms with Crippen LogP contribution < -0.4 is 10.6 Å². The van der Waals surface area contributed by atoms with Gasteiger partial charge in [-0.2, -0.15) is 0 Å². The number of nitrogens with one attached hydrogen (secondary N) is 2. The average Bonchev–Trinajstić information content (AvgIpc) is 3.26. The number of benzene rings is 2. The number of carbonyl (C=O) groups is 2. The van der Waals surface area contributed by atoms with Crippen LogP contribution in [0.4, 0.5) is 0 Å². The summed E-state index contributed by atoms with van der Waals surface area (Å²) in [5.74, 6) is 0.651. The van der Waals surface area contributed by atoms with E-state index < -0.39 is 13.2 Å². The molecule has 4 aliphatic rings. The molecule has 1 saturated heterocycles. The lowest BCUT2D eigenvalue weighted by molar-refractivity contribution is -0.199. The third-order valence-electron chi connectivity index (χ3n) is 9.29. The van der Waals surface area contributed by atoms with Crippen molar-refractivity contribution in [2.75, 3.05) is 0 Å². The molecule has 3 saturated carbocycles. The van der Waals surface area contributed by atoms with E-state index in [1.807, 2.05) is 48.5 Å². The lowest BCUT2D eigenvalue weighted by Gasteiger charge is -2.64. The Bertz CT molecular complexity index is 1140. The third-order valence-corrected chi connectivity index (χ3v) is 9.29. The Balaban J connectivity index is 1.34. The summed E-state index contributed by atoms with van der Waals surface area (Å²) in [6.45, 7) is 11.2. The molecule has 0 spiro atoms. The van der Waals surface area contributed by atoms with E-state index in [1.54, 1.807) is 12.1 Å². The molecule has 2 aromatic rings. The topological polar surface area (TPSA) is 76.7 Å². The van der Waals surface area contributed by atoms with E-state index in [1.165, 1.54) is 6.42 Å². The monoisotopic (exact) mass is 516 g/mol. The molecular weight excluding hydrogens is 475 g/mol. The predicted molar refractivity (Wildman–Crippen MR) is 149 cm³/mol. The highest BCUT2D eigenvalue weighted by Crippen LogP contribution is 2.65. The summed E-state index contributed by atoms with van der Waals surface area (Å²) in [4.78, 5) is 26.8. The van der Waals surface area contributed by atoms with E-state index in [9.17, 15) is 9.59 Å². The van der Waals surface area contributed by atoms with Gasteiger partial charge in [-0.25, -0.2) is 0 Å². The summed E-state index contributed by atoms with van der Waals surface area (Å²) in [6, 6.07) is 18.1. The zero-order valence-electron chi connectivity index (χ0n) is 23.3. The quantitative estimate of drug-likeness (QED) is 0.469. The molecule has 4 fully saturated rings. The van der Waals surface area contributed by atoms with Crippen LogP contribution in [-0.2, 0) is 20.5 Å². The lowest BCUT2D eigenvalue weighted by Crippen LogP contribution is -2.65. The smallest absolute Gasteiger partial charge is 0.404 e. The Morgan fingerprint density at radius 3 is 2.26 bits per heavy atom. The van der Waals surface area contributed by atoms with E-state index in [0.717, 1.165) is 18.4 Å². The lowest BCUT2D eigenvalue weighted by atomic mass is 9.43. The maximum atomic E-state index is 13.8. The van der Waals surface area contributed by atoms with Crippen molar-refractivity contribution in [1.82, 2.24) is 10.6 Å². The van der Waals surface area contributed by atoms with Gasteiger partial charge in [0.1, 0.15) is 6.04 Å². The van der Waals surface area contributed by atoms with Crippen molar-refractivity contribution in [3.8, 4) is 0 Å². The molecule has 2 amide bonds. The first-order valence-corrected chi connectivity index (χ1v) is 14.1. The van der Waals surface area contributed by atoms with Crippen LogP contribution >= 0.6 is 0 Å². The fraction of sp³-hybridized carbons (Fsp3) is 0.548. The maximum Gasteiger partial charge on any atom is 0.481 e. The number of rotatable bonds is 9. The zero-order chi connectivity index (χ0) is 27.1. The normalized spacial score (nSPS) is 28.7. The Labute approximate surface area is 227 Å². The van der Waals surface area contributed by atoms with Crippen LogP contribution in [0.1, 0.15) is 69.8 Å². The highest BCUT2D eigenvalue weighted by Gasteiger charge is 2.68. The van der Waals surface area contributed by atoms with Crippen LogP contribution in [-0.4, -0.2) is 42.6 Å². The van der Waals surface area contributed by atoms with E-state index in [2.05, 4.69) is 45.3 Å². The average molecular weight is 516 g/mol. The first kappa shape index (κ1) is 27.0. The molecule has 0 unspecified atom stereocenters. The van der Waals surface area contributed by atoms with Crippen LogP contribution in [0, 0.1) is 23.2 Å². The Kier molecular flexibility index (Phi) is 7.45. The number of hydrogen-bond acceptors (Lipinski definition) is 4. The molecule has 3 aliphatic carbocycles. The summed E-state index contributed by atoms with van der Waals surface area (Å²) in [5.41, 5.74) is 1.42. The van der Waals surface area contributed by atoms with Gasteiger partial charge >= 0.3 is 7.12 Å². The van der Waals surface area contributed by atoms with Crippen LogP contribution in [0.15, 0.2) is 60.7 Å². The molecule has 2 aromatic carbocycles. The minimum absolute atomic E-state index is 0.0498. The minimum atomic E-state index is -0.731. The molecule has 6 rings (SSSR count). The number of carbonyl (C=O) groups excluding carboxylic acids is 2. The standard InChI is InChI=1S/C31H41BN2O4/c1-20(2)16-27(32-37-26-19-23-18-25(30(23,3)4)31(26,5)38-32)34-29(36)24(17-21-12-8-6-9-13-21)33-28(35)22-14-10-7-11-15-22/h6-15,20,23-27H,16-19H2,1-5H3,(H,33,35)(H,34,36)/t23-,24+,25-,26+,27+,31-/m1/s1. The molecule has 0 aromatic heterocycles. The second kappa shape index (κ2) is 10.5. The molecule has 0 radical (unpaired) electrons. The van der Waals surface area contributed by atoms with Crippen molar-refractivity contribution in [2.24, 2.45) is 23.2 Å². The minimum Gasteiger partial charge on any atom is -0.404 e. The number of amides is 2. The Morgan fingerprint density at radius 2 is 1.63 bits per heavy atom. The van der Waals surface area contributed by atoms with Crippen molar-refractivity contribution >= 4 is 18.9 Å². The number of hydrogen-bond donors (Lipinski definition) is 2. The SMILES string of the molecule is CC(C)C[C@H](NC(=O)[C@H](Cc1ccccc1)NC(=O)c1ccccc1)B1O[C@H]2C[C@H]3C[C@H](C3(C)C)[C@@]2(C)O1. The molecule has 6 nitrogen and oxygen atoms in total. The van der Waals surface area contributed by atoms with Crippen LogP contribution in [0.2, 0.25) is 0 Å². The van der Waals surface area contributed by atoms with E-state index in [4.69, 9.17) is 9.31 Å². The molecule has 7 heteroatoms. The van der Waals surface area contributed by atoms with Gasteiger partial charge in [-0.3, -0.25) is 9.59 Å². The second-order valence-corrected chi connectivity index (χ2v) is 12.7. The van der Waals surface area contributed by atoms with E-state index in [0.29, 0.717) is 29.7 Å². The van der Waals surface area contributed by atoms with Gasteiger partial charge in [-0.15, -0.1) is 0 Å². The molecule has 1 aliphatic heterocycles. The van der Waals surface area contributed by atoms with Crippen molar-refractivity contribution in [3.05, 3.63) is 71.8 Å². The zero-order valence-corrected chi connectivity index (χ0v) is 23.3. The molecule has 38 heavy (non-hydrogen) atoms. The van der Waals surface area contributed by atoms with E-state index >= 15 is 0 Å². The molecule has 202 valence electrons. The first-order chi connectivity index (χ1) is 18.1. The molecule has 2 bridgehead atoms. The van der Waals surface area contributed by atoms with E-state index in [-0.39, 0.29) is 34.9 Å². The van der Waals surface area contributed by atoms with Gasteiger partial charge < -0.3 is 19.9 Å². The summed E-state index contributed by atoms with van der Waals surface area (Å²) in [5, 5.41) is 6.22. The van der Waals surface area contributed by atoms with Gasteiger partial charge in [0.25, 0.3) is 5.91 Å². The van der Waals surface area contributed by atoms with Crippen molar-refractivity contribution < 1.29 is 18.9 Å². The summed E-state index contributed by atoms with van der Waals surface area (Å²) in [6.07, 6.45) is 3.35. The third kappa shape index (κ3) is 5.15. The molecule has 1 heterocycles. The summed E-state index contributed by atoms with van der Waals surface area (Å²) < 4.78 is 13.3. The predicted octanol–water partition coefficient (Wildman–Crippen LogP) is 4.83. The van der Waals surface area contributed by atoms with Gasteiger partial charge in [-0.05, 0) is 67.1 Å². The Hall–Kier alpha value is -2.64. The van der Waals surface area contributed by atoms with Crippen LogP contribution in [0.3, 0.4) is 0 Å². The van der Waals surface area contributed by atoms with Gasteiger partial charge in [0.15, 0.2) is 0 Å². The van der Waals surface area contributed by atoms with Gasteiger partial charge in [0, 0.05) is 12.0 Å². The molecular formula is C31H41BN2O4. The molecule has 6 atom stereocenters. The van der Waals surface area contributed by atoms with Crippen LogP contribution in [0.5, 0.6) is 0 Å². The fourth-order valence-electron chi connectivity index (χ4n) is 6.99. The van der Waals surface area contributed by atoms with Crippen molar-refractivity contribution in [1.29, 1.82) is 0 Å². The first-order valence-electron chi connectivity index (χ1n) is 14.1. The highest BCUT2D eigenvalue weighted by molar-refractivity contribution is 6.48. The summed E-state index contributed by atoms with van der Waals surface area (Å²) in [7, 11) is -0.506. The second-order valence-electron chi connectivity index (χ2n) is 12.7. The van der Waals surface area contributed by atoms with Gasteiger partial charge in [0.05, 0.1) is 17.6 Å². The Morgan fingerprint density at radius 1 is 0.974 bits per heavy atom. The van der Waals surface area contributed by atoms with Gasteiger partial charge in [-0.1, -0.05) is 76.2 Å². The van der Waals surface area contributed by atoms with Gasteiger partial charge in [0.2, 0.25) is 5.91 Å². The summed E-state index contributed by atoms with van der Waals surface area (Å²) >= 11 is 0. The largest absolute Gasteiger partial charge is 0.481 e. The van der Waals surface area contributed by atoms with Crippen molar-refractivity contribution in [3.63, 3.8) is 0 Å². The molecule has 2 N–H and O–H groups in total. The maximum absolute atomic E-state index is 13.8. The highest BCUT2D eigenvalue weighted by atomic mass is 16.7.